The maximum atomic E-state index is 10.5. The van der Waals surface area contributed by atoms with E-state index in [0.29, 0.717) is 0 Å². The van der Waals surface area contributed by atoms with E-state index in [9.17, 15) is 13.2 Å². The summed E-state index contributed by atoms with van der Waals surface area (Å²) in [4.78, 5) is 10.2. The van der Waals surface area contributed by atoms with Crippen LogP contribution >= 0.6 is 0 Å². The zero-order valence-corrected chi connectivity index (χ0v) is 7.56. The van der Waals surface area contributed by atoms with Gasteiger partial charge in [0.2, 0.25) is 5.91 Å². The first-order chi connectivity index (χ1) is 4.48. The van der Waals surface area contributed by atoms with Gasteiger partial charge in [0.05, 0.1) is 6.61 Å². The zero-order valence-electron chi connectivity index (χ0n) is 7.75. The topological polar surface area (TPSA) is 72.5 Å². The normalized spacial score (nSPS) is 10.0. The molecule has 0 bridgehead atoms. The summed E-state index contributed by atoms with van der Waals surface area (Å²) in [6, 6.07) is 0. The predicted octanol–water partition coefficient (Wildman–Crippen LogP) is -3.48. The fraction of sp³-hybridized carbons (Fsp3) is 0.750. The summed E-state index contributed by atoms with van der Waals surface area (Å²) in [5.41, 5.74) is 0. The molecule has 0 aliphatic rings. The SMILES string of the molecule is CCOS(=O)(=O)NC(C)=O.[H-].[Li+]. The number of carbonyl (C=O) groups excluding carboxylic acids is 1. The first kappa shape index (κ1) is 13.6. The van der Waals surface area contributed by atoms with Crippen LogP contribution < -0.4 is 23.6 Å². The second-order valence-corrected chi connectivity index (χ2v) is 2.87. The van der Waals surface area contributed by atoms with Gasteiger partial charge >= 0.3 is 29.2 Å². The summed E-state index contributed by atoms with van der Waals surface area (Å²) in [5, 5.41) is 0. The largest absolute Gasteiger partial charge is 1.00 e. The van der Waals surface area contributed by atoms with Gasteiger partial charge in [0, 0.05) is 6.92 Å². The average Bonchev–Trinajstić information content (AvgIpc) is 1.59. The monoisotopic (exact) mass is 175 g/mol. The molecule has 0 rings (SSSR count). The van der Waals surface area contributed by atoms with Crippen LogP contribution in [0.25, 0.3) is 0 Å². The van der Waals surface area contributed by atoms with Crippen LogP contribution in [-0.2, 0) is 19.3 Å². The van der Waals surface area contributed by atoms with E-state index < -0.39 is 16.2 Å². The third-order valence-corrected chi connectivity index (χ3v) is 1.63. The fourth-order valence-electron chi connectivity index (χ4n) is 0.361. The van der Waals surface area contributed by atoms with E-state index >= 15 is 0 Å². The maximum Gasteiger partial charge on any atom is 1.00 e. The zero-order chi connectivity index (χ0) is 8.20. The summed E-state index contributed by atoms with van der Waals surface area (Å²) in [5.74, 6) is -0.659. The molecule has 62 valence electrons. The van der Waals surface area contributed by atoms with E-state index in [1.165, 1.54) is 6.92 Å². The second-order valence-electron chi connectivity index (χ2n) is 1.52. The quantitative estimate of drug-likeness (QED) is 0.452. The van der Waals surface area contributed by atoms with Gasteiger partial charge in [-0.1, -0.05) is 0 Å². The number of rotatable bonds is 3. The summed E-state index contributed by atoms with van der Waals surface area (Å²) in [6.07, 6.45) is 0. The van der Waals surface area contributed by atoms with Crippen LogP contribution in [0.5, 0.6) is 0 Å². The molecule has 0 saturated carbocycles. The minimum atomic E-state index is -3.83. The minimum absolute atomic E-state index is 0. The van der Waals surface area contributed by atoms with Crippen LogP contribution in [0.3, 0.4) is 0 Å². The van der Waals surface area contributed by atoms with E-state index in [4.69, 9.17) is 0 Å². The van der Waals surface area contributed by atoms with Gasteiger partial charge in [0.25, 0.3) is 0 Å². The average molecular weight is 175 g/mol. The van der Waals surface area contributed by atoms with Gasteiger partial charge in [-0.2, -0.15) is 8.42 Å². The minimum Gasteiger partial charge on any atom is -1.00 e. The Kier molecular flexibility index (Phi) is 6.91. The van der Waals surface area contributed by atoms with Gasteiger partial charge in [-0.05, 0) is 6.92 Å². The molecule has 5 nitrogen and oxygen atoms in total. The van der Waals surface area contributed by atoms with E-state index in [2.05, 4.69) is 4.18 Å². The maximum absolute atomic E-state index is 10.5. The molecule has 0 unspecified atom stereocenters. The molecule has 7 heteroatoms. The van der Waals surface area contributed by atoms with Crippen molar-refractivity contribution in [3.05, 3.63) is 0 Å². The summed E-state index contributed by atoms with van der Waals surface area (Å²) in [7, 11) is -3.83. The second kappa shape index (κ2) is 5.61. The molecule has 0 fully saturated rings. The molecule has 0 aliphatic heterocycles. The Hall–Kier alpha value is -0.0226. The Balaban J connectivity index is -0.000000405. The summed E-state index contributed by atoms with van der Waals surface area (Å²) in [6.45, 7) is 2.62. The molecule has 0 atom stereocenters. The molecule has 1 N–H and O–H groups in total. The molecular weight excluding hydrogens is 165 g/mol. The Morgan fingerprint density at radius 2 is 2.09 bits per heavy atom. The van der Waals surface area contributed by atoms with Crippen LogP contribution in [-0.4, -0.2) is 20.9 Å². The molecule has 1 amide bonds. The standard InChI is InChI=1S/C4H9NO4S.Li.H/c1-3-9-10(7,8)5-4(2)6;;/h3H2,1-2H3,(H,5,6);;/q;+1;-1. The van der Waals surface area contributed by atoms with Crippen molar-refractivity contribution in [1.82, 2.24) is 4.72 Å². The van der Waals surface area contributed by atoms with Gasteiger partial charge in [0.15, 0.2) is 0 Å². The molecule has 0 saturated heterocycles. The van der Waals surface area contributed by atoms with E-state index in [0.717, 1.165) is 6.92 Å². The molecule has 0 heterocycles. The van der Waals surface area contributed by atoms with E-state index in [1.807, 2.05) is 0 Å². The Morgan fingerprint density at radius 3 is 2.36 bits per heavy atom. The smallest absolute Gasteiger partial charge is 1.00 e. The number of hydrogen-bond donors (Lipinski definition) is 1. The van der Waals surface area contributed by atoms with Crippen molar-refractivity contribution in [3.63, 3.8) is 0 Å². The van der Waals surface area contributed by atoms with Crippen molar-refractivity contribution in [2.75, 3.05) is 6.61 Å². The first-order valence-electron chi connectivity index (χ1n) is 2.65. The van der Waals surface area contributed by atoms with Crippen molar-refractivity contribution in [1.29, 1.82) is 0 Å². The van der Waals surface area contributed by atoms with Crippen molar-refractivity contribution in [2.45, 2.75) is 13.8 Å². The third-order valence-electron chi connectivity index (χ3n) is 0.542. The van der Waals surface area contributed by atoms with Gasteiger partial charge in [-0.25, -0.2) is 4.72 Å². The van der Waals surface area contributed by atoms with Crippen molar-refractivity contribution in [3.8, 4) is 0 Å². The van der Waals surface area contributed by atoms with Crippen LogP contribution in [0.1, 0.15) is 15.3 Å². The molecule has 0 radical (unpaired) electrons. The summed E-state index contributed by atoms with van der Waals surface area (Å²) >= 11 is 0. The van der Waals surface area contributed by atoms with Gasteiger partial charge < -0.3 is 1.43 Å². The first-order valence-corrected chi connectivity index (χ1v) is 4.06. The molecule has 0 aromatic carbocycles. The molecule has 0 aromatic heterocycles. The Bertz CT molecular complexity index is 217. The predicted molar refractivity (Wildman–Crippen MR) is 35.5 cm³/mol. The summed E-state index contributed by atoms with van der Waals surface area (Å²) < 4.78 is 26.8. The van der Waals surface area contributed by atoms with Crippen molar-refractivity contribution in [2.24, 2.45) is 0 Å². The van der Waals surface area contributed by atoms with Crippen molar-refractivity contribution < 1.29 is 37.7 Å². The molecule has 11 heavy (non-hydrogen) atoms. The van der Waals surface area contributed by atoms with Crippen molar-refractivity contribution >= 4 is 16.2 Å². The van der Waals surface area contributed by atoms with Gasteiger partial charge in [0.1, 0.15) is 0 Å². The number of amides is 1. The van der Waals surface area contributed by atoms with E-state index in [1.54, 1.807) is 4.72 Å². The van der Waals surface area contributed by atoms with Crippen LogP contribution in [0.2, 0.25) is 0 Å². The third kappa shape index (κ3) is 7.88. The van der Waals surface area contributed by atoms with Gasteiger partial charge in [-0.15, -0.1) is 0 Å². The molecular formula is C4H10LiNO4S. The Labute approximate surface area is 79.4 Å². The van der Waals surface area contributed by atoms with Crippen LogP contribution in [0.15, 0.2) is 0 Å². The molecule has 0 aromatic rings. The van der Waals surface area contributed by atoms with Crippen LogP contribution in [0, 0.1) is 0 Å². The number of nitrogens with one attached hydrogen (secondary N) is 1. The Morgan fingerprint density at radius 1 is 1.64 bits per heavy atom. The van der Waals surface area contributed by atoms with E-state index in [-0.39, 0.29) is 26.9 Å². The van der Waals surface area contributed by atoms with Gasteiger partial charge in [-0.3, -0.25) is 8.98 Å². The fourth-order valence-corrected chi connectivity index (χ4v) is 1.08. The van der Waals surface area contributed by atoms with Crippen LogP contribution in [0.4, 0.5) is 0 Å². The molecule has 0 spiro atoms. The number of carbonyl (C=O) groups is 1. The number of hydrogen-bond acceptors (Lipinski definition) is 4. The molecule has 0 aliphatic carbocycles.